The van der Waals surface area contributed by atoms with Crippen LogP contribution < -0.4 is 10.7 Å². The number of benzene rings is 2. The van der Waals surface area contributed by atoms with E-state index in [9.17, 15) is 9.59 Å². The third-order valence-electron chi connectivity index (χ3n) is 3.93. The zero-order valence-corrected chi connectivity index (χ0v) is 15.9. The first kappa shape index (κ1) is 19.2. The van der Waals surface area contributed by atoms with Gasteiger partial charge in [0.1, 0.15) is 0 Å². The predicted octanol–water partition coefficient (Wildman–Crippen LogP) is 3.65. The molecule has 2 aromatic rings. The summed E-state index contributed by atoms with van der Waals surface area (Å²) in [7, 11) is 0. The molecule has 1 fully saturated rings. The van der Waals surface area contributed by atoms with E-state index < -0.39 is 17.7 Å². The van der Waals surface area contributed by atoms with Crippen molar-refractivity contribution in [3.8, 4) is 0 Å². The van der Waals surface area contributed by atoms with Crippen molar-refractivity contribution in [1.82, 2.24) is 0 Å². The molecule has 7 nitrogen and oxygen atoms in total. The molecule has 1 aliphatic rings. The minimum Gasteiger partial charge on any atom is -0.419 e. The van der Waals surface area contributed by atoms with Crippen molar-refractivity contribution in [1.29, 1.82) is 0 Å². The lowest BCUT2D eigenvalue weighted by atomic mass is 10.1. The van der Waals surface area contributed by atoms with E-state index in [0.717, 1.165) is 17.0 Å². The molecular formula is C21H21N3O4. The summed E-state index contributed by atoms with van der Waals surface area (Å²) >= 11 is 0. The van der Waals surface area contributed by atoms with Crippen LogP contribution in [0.25, 0.3) is 0 Å². The minimum atomic E-state index is -1.27. The van der Waals surface area contributed by atoms with Crippen LogP contribution in [0.1, 0.15) is 26.3 Å². The summed E-state index contributed by atoms with van der Waals surface area (Å²) in [6.07, 6.45) is 1.29. The highest BCUT2D eigenvalue weighted by molar-refractivity contribution is 6.15. The second kappa shape index (κ2) is 7.96. The Labute approximate surface area is 163 Å². The first-order valence-corrected chi connectivity index (χ1v) is 8.74. The third-order valence-corrected chi connectivity index (χ3v) is 3.93. The van der Waals surface area contributed by atoms with Gasteiger partial charge >= 0.3 is 11.9 Å². The summed E-state index contributed by atoms with van der Waals surface area (Å²) in [5.41, 5.74) is 5.86. The standard InChI is InChI=1S/C21H21N3O4/c1-14(23-24-15-9-5-4-6-10-15)16-11-7-8-12-18(16)22-13-17-19(25)27-21(2,3)28-20(17)26/h4-13,22,24H,1-3H3. The fourth-order valence-corrected chi connectivity index (χ4v) is 2.57. The number of cyclic esters (lactones) is 2. The van der Waals surface area contributed by atoms with Crippen LogP contribution in [0.5, 0.6) is 0 Å². The molecule has 0 aliphatic carbocycles. The molecule has 0 amide bonds. The van der Waals surface area contributed by atoms with Gasteiger partial charge in [-0.05, 0) is 25.1 Å². The molecule has 0 bridgehead atoms. The van der Waals surface area contributed by atoms with Crippen LogP contribution in [0.3, 0.4) is 0 Å². The van der Waals surface area contributed by atoms with Crippen LogP contribution in [0.15, 0.2) is 71.5 Å². The number of esters is 2. The molecule has 0 aromatic heterocycles. The van der Waals surface area contributed by atoms with Crippen molar-refractivity contribution < 1.29 is 19.1 Å². The van der Waals surface area contributed by atoms with Gasteiger partial charge in [-0.25, -0.2) is 9.59 Å². The van der Waals surface area contributed by atoms with E-state index in [4.69, 9.17) is 9.47 Å². The highest BCUT2D eigenvalue weighted by atomic mass is 16.7. The van der Waals surface area contributed by atoms with Gasteiger partial charge in [-0.3, -0.25) is 5.43 Å². The number of para-hydroxylation sites is 2. The first-order valence-electron chi connectivity index (χ1n) is 8.74. The van der Waals surface area contributed by atoms with E-state index >= 15 is 0 Å². The molecule has 1 saturated heterocycles. The zero-order valence-electron chi connectivity index (χ0n) is 15.9. The van der Waals surface area contributed by atoms with Gasteiger partial charge in [0.15, 0.2) is 5.57 Å². The van der Waals surface area contributed by atoms with Crippen LogP contribution in [0.4, 0.5) is 11.4 Å². The maximum atomic E-state index is 12.1. The van der Waals surface area contributed by atoms with Gasteiger partial charge in [0.2, 0.25) is 0 Å². The van der Waals surface area contributed by atoms with Crippen LogP contribution in [0, 0.1) is 0 Å². The first-order chi connectivity index (χ1) is 13.4. The minimum absolute atomic E-state index is 0.203. The van der Waals surface area contributed by atoms with Gasteiger partial charge in [0.05, 0.1) is 11.4 Å². The fraction of sp³-hybridized carbons (Fsp3) is 0.190. The molecular weight excluding hydrogens is 358 g/mol. The fourth-order valence-electron chi connectivity index (χ4n) is 2.57. The molecule has 28 heavy (non-hydrogen) atoms. The highest BCUT2D eigenvalue weighted by Crippen LogP contribution is 2.23. The average Bonchev–Trinajstić information content (AvgIpc) is 2.65. The smallest absolute Gasteiger partial charge is 0.350 e. The van der Waals surface area contributed by atoms with Gasteiger partial charge in [-0.2, -0.15) is 5.10 Å². The SMILES string of the molecule is CC(=NNc1ccccc1)c1ccccc1NC=C1C(=O)OC(C)(C)OC1=O. The summed E-state index contributed by atoms with van der Waals surface area (Å²) in [5, 5.41) is 7.37. The van der Waals surface area contributed by atoms with Crippen molar-refractivity contribution in [3.63, 3.8) is 0 Å². The number of hydrogen-bond acceptors (Lipinski definition) is 7. The number of hydrazone groups is 1. The Balaban J connectivity index is 1.79. The molecule has 0 atom stereocenters. The molecule has 2 aromatic carbocycles. The van der Waals surface area contributed by atoms with Crippen molar-refractivity contribution in [2.45, 2.75) is 26.6 Å². The summed E-state index contributed by atoms with van der Waals surface area (Å²) in [4.78, 5) is 24.1. The van der Waals surface area contributed by atoms with Crippen molar-refractivity contribution >= 4 is 29.0 Å². The summed E-state index contributed by atoms with van der Waals surface area (Å²) in [5.74, 6) is -2.74. The van der Waals surface area contributed by atoms with Crippen LogP contribution in [0.2, 0.25) is 0 Å². The Morgan fingerprint density at radius 2 is 1.57 bits per heavy atom. The molecule has 144 valence electrons. The molecule has 0 saturated carbocycles. The number of nitrogens with one attached hydrogen (secondary N) is 2. The Morgan fingerprint density at radius 1 is 0.964 bits per heavy atom. The molecule has 1 heterocycles. The van der Waals surface area contributed by atoms with E-state index in [-0.39, 0.29) is 5.57 Å². The van der Waals surface area contributed by atoms with Gasteiger partial charge in [0, 0.05) is 31.3 Å². The number of rotatable bonds is 5. The molecule has 1 aliphatic heterocycles. The Morgan fingerprint density at radius 3 is 2.25 bits per heavy atom. The van der Waals surface area contributed by atoms with E-state index in [1.807, 2.05) is 61.5 Å². The van der Waals surface area contributed by atoms with Gasteiger partial charge < -0.3 is 14.8 Å². The summed E-state index contributed by atoms with van der Waals surface area (Å²) < 4.78 is 10.2. The van der Waals surface area contributed by atoms with Gasteiger partial charge in [0.25, 0.3) is 5.79 Å². The maximum absolute atomic E-state index is 12.1. The lowest BCUT2D eigenvalue weighted by Gasteiger charge is -2.29. The topological polar surface area (TPSA) is 89.0 Å². The third kappa shape index (κ3) is 4.56. The van der Waals surface area contributed by atoms with E-state index in [1.165, 1.54) is 20.0 Å². The second-order valence-electron chi connectivity index (χ2n) is 6.60. The van der Waals surface area contributed by atoms with Crippen molar-refractivity contribution in [3.05, 3.63) is 71.9 Å². The molecule has 2 N–H and O–H groups in total. The summed E-state index contributed by atoms with van der Waals surface area (Å²) in [6.45, 7) is 4.86. The monoisotopic (exact) mass is 379 g/mol. The largest absolute Gasteiger partial charge is 0.419 e. The number of carbonyl (C=O) groups is 2. The van der Waals surface area contributed by atoms with Gasteiger partial charge in [-0.1, -0.05) is 36.4 Å². The van der Waals surface area contributed by atoms with E-state index in [1.54, 1.807) is 0 Å². The lowest BCUT2D eigenvalue weighted by molar-refractivity contribution is -0.222. The summed E-state index contributed by atoms with van der Waals surface area (Å²) in [6, 6.07) is 17.0. The number of carbonyl (C=O) groups excluding carboxylic acids is 2. The Hall–Kier alpha value is -3.61. The van der Waals surface area contributed by atoms with Crippen LogP contribution in [-0.2, 0) is 19.1 Å². The van der Waals surface area contributed by atoms with Crippen molar-refractivity contribution in [2.75, 3.05) is 10.7 Å². The van der Waals surface area contributed by atoms with E-state index in [0.29, 0.717) is 5.69 Å². The number of hydrogen-bond donors (Lipinski definition) is 2. The normalized spacial score (nSPS) is 16.1. The van der Waals surface area contributed by atoms with E-state index in [2.05, 4.69) is 15.8 Å². The highest BCUT2D eigenvalue weighted by Gasteiger charge is 2.38. The Bertz CT molecular complexity index is 927. The second-order valence-corrected chi connectivity index (χ2v) is 6.60. The van der Waals surface area contributed by atoms with Crippen LogP contribution >= 0.6 is 0 Å². The lowest BCUT2D eigenvalue weighted by Crippen LogP contribution is -2.42. The van der Waals surface area contributed by atoms with Crippen LogP contribution in [-0.4, -0.2) is 23.4 Å². The Kier molecular flexibility index (Phi) is 5.44. The average molecular weight is 379 g/mol. The zero-order chi connectivity index (χ0) is 20.1. The molecule has 0 spiro atoms. The number of nitrogens with zero attached hydrogens (tertiary/aromatic N) is 1. The predicted molar refractivity (Wildman–Crippen MR) is 107 cm³/mol. The quantitative estimate of drug-likeness (QED) is 0.271. The molecule has 0 unspecified atom stereocenters. The molecule has 3 rings (SSSR count). The molecule has 7 heteroatoms. The number of ether oxygens (including phenoxy) is 2. The number of anilines is 2. The molecule has 0 radical (unpaired) electrons. The van der Waals surface area contributed by atoms with Gasteiger partial charge in [-0.15, -0.1) is 0 Å². The van der Waals surface area contributed by atoms with Crippen molar-refractivity contribution in [2.24, 2.45) is 5.10 Å². The maximum Gasteiger partial charge on any atom is 0.350 e.